The molecule has 0 radical (unpaired) electrons. The number of thioether (sulfide) groups is 2. The lowest BCUT2D eigenvalue weighted by Crippen LogP contribution is -1.96. The van der Waals surface area contributed by atoms with Crippen LogP contribution in [0, 0.1) is 0 Å². The van der Waals surface area contributed by atoms with E-state index in [2.05, 4.69) is 0 Å². The van der Waals surface area contributed by atoms with Crippen LogP contribution in [0.3, 0.4) is 0 Å². The van der Waals surface area contributed by atoms with Gasteiger partial charge in [-0.25, -0.2) is 0 Å². The highest BCUT2D eigenvalue weighted by atomic mass is 32.2. The molecular weight excluding hydrogens is 288 g/mol. The van der Waals surface area contributed by atoms with Crippen molar-refractivity contribution < 1.29 is 9.53 Å². The van der Waals surface area contributed by atoms with Crippen molar-refractivity contribution in [2.45, 2.75) is 12.8 Å². The smallest absolute Gasteiger partial charge is 0.186 e. The van der Waals surface area contributed by atoms with Gasteiger partial charge in [0.25, 0.3) is 0 Å². The van der Waals surface area contributed by atoms with E-state index < -0.39 is 0 Å². The molecule has 1 aliphatic carbocycles. The van der Waals surface area contributed by atoms with Crippen molar-refractivity contribution in [2.75, 3.05) is 18.6 Å². The molecule has 0 spiro atoms. The van der Waals surface area contributed by atoms with E-state index in [-0.39, 0.29) is 5.78 Å². The molecule has 1 aromatic carbocycles. The summed E-state index contributed by atoms with van der Waals surface area (Å²) < 4.78 is 6.47. The molecule has 1 saturated heterocycles. The Morgan fingerprint density at radius 3 is 2.75 bits per heavy atom. The second kappa shape index (κ2) is 6.10. The number of ether oxygens (including phenoxy) is 1. The van der Waals surface area contributed by atoms with Crippen LogP contribution in [0.1, 0.15) is 18.4 Å². The lowest BCUT2D eigenvalue weighted by molar-refractivity contribution is -0.111. The van der Waals surface area contributed by atoms with E-state index in [9.17, 15) is 4.79 Å². The number of carbonyl (C=O) groups excluding carboxylic acids is 1. The summed E-state index contributed by atoms with van der Waals surface area (Å²) in [6.45, 7) is 0. The third-order valence-electron chi connectivity index (χ3n) is 3.44. The maximum absolute atomic E-state index is 12.5. The average Bonchev–Trinajstić information content (AvgIpc) is 3.10. The molecule has 1 saturated carbocycles. The van der Waals surface area contributed by atoms with Crippen molar-refractivity contribution in [3.8, 4) is 5.75 Å². The van der Waals surface area contributed by atoms with E-state index in [1.807, 2.05) is 53.9 Å². The number of rotatable bonds is 2. The summed E-state index contributed by atoms with van der Waals surface area (Å²) in [5.41, 5.74) is 2.99. The number of allylic oxidation sites excluding steroid dienone is 2. The molecular formula is C16H16O2S2. The minimum atomic E-state index is 0.240. The van der Waals surface area contributed by atoms with Gasteiger partial charge in [-0.3, -0.25) is 4.79 Å². The fourth-order valence-corrected chi connectivity index (χ4v) is 5.04. The topological polar surface area (TPSA) is 26.3 Å². The first-order valence-corrected chi connectivity index (χ1v) is 8.63. The van der Waals surface area contributed by atoms with Crippen LogP contribution in [0.15, 0.2) is 39.6 Å². The van der Waals surface area contributed by atoms with Crippen LogP contribution in [0.5, 0.6) is 5.75 Å². The van der Waals surface area contributed by atoms with Gasteiger partial charge < -0.3 is 4.74 Å². The first kappa shape index (κ1) is 13.8. The Morgan fingerprint density at radius 2 is 2.00 bits per heavy atom. The highest BCUT2D eigenvalue weighted by Crippen LogP contribution is 2.43. The largest absolute Gasteiger partial charge is 0.497 e. The van der Waals surface area contributed by atoms with E-state index in [1.54, 1.807) is 7.11 Å². The zero-order chi connectivity index (χ0) is 13.9. The van der Waals surface area contributed by atoms with E-state index >= 15 is 0 Å². The first-order valence-electron chi connectivity index (χ1n) is 6.66. The van der Waals surface area contributed by atoms with E-state index in [0.29, 0.717) is 0 Å². The summed E-state index contributed by atoms with van der Waals surface area (Å²) in [5.74, 6) is 3.33. The zero-order valence-electron chi connectivity index (χ0n) is 11.3. The molecule has 0 aromatic heterocycles. The van der Waals surface area contributed by atoms with Crippen molar-refractivity contribution in [1.82, 2.24) is 0 Å². The Balaban J connectivity index is 1.86. The fourth-order valence-electron chi connectivity index (χ4n) is 2.43. The lowest BCUT2D eigenvalue weighted by Gasteiger charge is -2.02. The Bertz CT molecular complexity index is 594. The number of hydrogen-bond donors (Lipinski definition) is 0. The standard InChI is InChI=1S/C16H16O2S2/c1-18-13-4-2-3-11(10-13)9-12-5-6-14(15(12)17)16-19-7-8-20-16/h2-4,9-10H,5-8H2,1H3/b12-9+. The molecule has 1 heterocycles. The number of Topliss-reactive ketones (excluding diaryl/α,β-unsaturated/α-hetero) is 1. The summed E-state index contributed by atoms with van der Waals surface area (Å²) in [7, 11) is 1.66. The van der Waals surface area contributed by atoms with Gasteiger partial charge >= 0.3 is 0 Å². The van der Waals surface area contributed by atoms with Gasteiger partial charge in [-0.1, -0.05) is 12.1 Å². The molecule has 1 aromatic rings. The van der Waals surface area contributed by atoms with Crippen LogP contribution < -0.4 is 4.74 Å². The number of hydrogen-bond acceptors (Lipinski definition) is 4. The summed E-state index contributed by atoms with van der Waals surface area (Å²) in [5, 5.41) is 0. The minimum Gasteiger partial charge on any atom is -0.497 e. The molecule has 4 heteroatoms. The molecule has 3 rings (SSSR count). The van der Waals surface area contributed by atoms with Crippen molar-refractivity contribution in [1.29, 1.82) is 0 Å². The zero-order valence-corrected chi connectivity index (χ0v) is 13.0. The van der Waals surface area contributed by atoms with Gasteiger partial charge in [0.05, 0.1) is 7.11 Å². The number of methoxy groups -OCH3 is 1. The minimum absolute atomic E-state index is 0.240. The SMILES string of the molecule is COc1cccc(/C=C2\CCC(=C3SCCS3)C2=O)c1. The first-order chi connectivity index (χ1) is 9.78. The van der Waals surface area contributed by atoms with Crippen LogP contribution >= 0.6 is 23.5 Å². The van der Waals surface area contributed by atoms with Crippen molar-refractivity contribution in [2.24, 2.45) is 0 Å². The summed E-state index contributed by atoms with van der Waals surface area (Å²) in [6.07, 6.45) is 3.75. The predicted molar refractivity (Wildman–Crippen MR) is 87.2 cm³/mol. The van der Waals surface area contributed by atoms with E-state index in [4.69, 9.17) is 4.74 Å². The predicted octanol–water partition coefficient (Wildman–Crippen LogP) is 4.13. The Morgan fingerprint density at radius 1 is 1.20 bits per heavy atom. The van der Waals surface area contributed by atoms with Gasteiger partial charge in [-0.2, -0.15) is 0 Å². The van der Waals surface area contributed by atoms with Crippen LogP contribution in [0.2, 0.25) is 0 Å². The normalized spacial score (nSPS) is 21.1. The van der Waals surface area contributed by atoms with Gasteiger partial charge in [0.15, 0.2) is 5.78 Å². The second-order valence-corrected chi connectivity index (χ2v) is 7.21. The number of ketones is 1. The third kappa shape index (κ3) is 2.81. The summed E-state index contributed by atoms with van der Waals surface area (Å²) >= 11 is 3.66. The van der Waals surface area contributed by atoms with Gasteiger partial charge in [0.2, 0.25) is 0 Å². The average molecular weight is 304 g/mol. The fraction of sp³-hybridized carbons (Fsp3) is 0.312. The molecule has 0 bridgehead atoms. The lowest BCUT2D eigenvalue weighted by atomic mass is 10.1. The molecule has 2 aliphatic rings. The molecule has 104 valence electrons. The van der Waals surface area contributed by atoms with Crippen LogP contribution in [-0.4, -0.2) is 24.4 Å². The third-order valence-corrected chi connectivity index (χ3v) is 6.24. The molecule has 2 nitrogen and oxygen atoms in total. The summed E-state index contributed by atoms with van der Waals surface area (Å²) in [4.78, 5) is 12.5. The number of benzene rings is 1. The van der Waals surface area contributed by atoms with Crippen molar-refractivity contribution in [3.05, 3.63) is 45.2 Å². The van der Waals surface area contributed by atoms with E-state index in [1.165, 1.54) is 4.24 Å². The van der Waals surface area contributed by atoms with E-state index in [0.717, 1.165) is 46.8 Å². The Labute approximate surface area is 127 Å². The molecule has 0 unspecified atom stereocenters. The highest BCUT2D eigenvalue weighted by Gasteiger charge is 2.28. The van der Waals surface area contributed by atoms with Crippen LogP contribution in [0.4, 0.5) is 0 Å². The van der Waals surface area contributed by atoms with Gasteiger partial charge in [0.1, 0.15) is 5.75 Å². The summed E-state index contributed by atoms with van der Waals surface area (Å²) in [6, 6.07) is 7.84. The maximum atomic E-state index is 12.5. The maximum Gasteiger partial charge on any atom is 0.186 e. The van der Waals surface area contributed by atoms with Gasteiger partial charge in [-0.15, -0.1) is 23.5 Å². The Hall–Kier alpha value is -1.13. The monoisotopic (exact) mass is 304 g/mol. The molecule has 0 atom stereocenters. The molecule has 1 aliphatic heterocycles. The molecule has 0 N–H and O–H groups in total. The van der Waals surface area contributed by atoms with Crippen molar-refractivity contribution >= 4 is 35.4 Å². The van der Waals surface area contributed by atoms with Gasteiger partial charge in [0, 0.05) is 26.9 Å². The van der Waals surface area contributed by atoms with Crippen molar-refractivity contribution in [3.63, 3.8) is 0 Å². The van der Waals surface area contributed by atoms with Crippen LogP contribution in [-0.2, 0) is 4.79 Å². The highest BCUT2D eigenvalue weighted by molar-refractivity contribution is 8.25. The molecule has 2 fully saturated rings. The van der Waals surface area contributed by atoms with Gasteiger partial charge in [-0.05, 0) is 36.6 Å². The van der Waals surface area contributed by atoms with Crippen LogP contribution in [0.25, 0.3) is 6.08 Å². The molecule has 20 heavy (non-hydrogen) atoms. The second-order valence-electron chi connectivity index (χ2n) is 4.74. The quantitative estimate of drug-likeness (QED) is 0.767. The molecule has 0 amide bonds. The Kier molecular flexibility index (Phi) is 4.22. The number of carbonyl (C=O) groups is 1.